The van der Waals surface area contributed by atoms with Crippen molar-refractivity contribution in [2.45, 2.75) is 6.42 Å². The molecule has 0 heterocycles. The zero-order chi connectivity index (χ0) is 13.7. The Morgan fingerprint density at radius 2 is 1.95 bits per heavy atom. The van der Waals surface area contributed by atoms with Crippen molar-refractivity contribution in [1.82, 2.24) is 0 Å². The number of hydrogen-bond acceptors (Lipinski definition) is 1. The summed E-state index contributed by atoms with van der Waals surface area (Å²) in [4.78, 5) is 10.5. The monoisotopic (exact) mass is 256 g/mol. The first-order valence-corrected chi connectivity index (χ1v) is 5.88. The lowest BCUT2D eigenvalue weighted by Gasteiger charge is -2.04. The van der Waals surface area contributed by atoms with Gasteiger partial charge in [0.1, 0.15) is 5.82 Å². The van der Waals surface area contributed by atoms with Crippen LogP contribution in [0.2, 0.25) is 0 Å². The third-order valence-electron chi connectivity index (χ3n) is 2.72. The van der Waals surface area contributed by atoms with Gasteiger partial charge in [-0.3, -0.25) is 0 Å². The zero-order valence-electron chi connectivity index (χ0n) is 10.2. The van der Waals surface area contributed by atoms with E-state index in [4.69, 9.17) is 5.11 Å². The van der Waals surface area contributed by atoms with Crippen molar-refractivity contribution in [3.05, 3.63) is 77.1 Å². The molecular formula is C16H13FO2. The Morgan fingerprint density at radius 3 is 2.68 bits per heavy atom. The van der Waals surface area contributed by atoms with Crippen LogP contribution in [-0.2, 0) is 11.2 Å². The highest BCUT2D eigenvalue weighted by atomic mass is 19.1. The molecule has 2 nitrogen and oxygen atoms in total. The number of rotatable bonds is 4. The second-order valence-electron chi connectivity index (χ2n) is 4.18. The van der Waals surface area contributed by atoms with Crippen LogP contribution in [-0.4, -0.2) is 11.1 Å². The molecule has 0 aliphatic heterocycles. The van der Waals surface area contributed by atoms with Gasteiger partial charge < -0.3 is 5.11 Å². The van der Waals surface area contributed by atoms with Crippen LogP contribution in [0.25, 0.3) is 6.08 Å². The number of carboxylic acid groups (broad SMARTS) is 1. The van der Waals surface area contributed by atoms with Gasteiger partial charge in [-0.2, -0.15) is 0 Å². The smallest absolute Gasteiger partial charge is 0.328 e. The maximum absolute atomic E-state index is 13.5. The second kappa shape index (κ2) is 5.96. The Kier molecular flexibility index (Phi) is 4.08. The highest BCUT2D eigenvalue weighted by molar-refractivity contribution is 5.85. The van der Waals surface area contributed by atoms with Crippen molar-refractivity contribution in [3.8, 4) is 0 Å². The first kappa shape index (κ1) is 13.0. The summed E-state index contributed by atoms with van der Waals surface area (Å²) < 4.78 is 13.5. The molecular weight excluding hydrogens is 243 g/mol. The third-order valence-corrected chi connectivity index (χ3v) is 2.72. The predicted molar refractivity (Wildman–Crippen MR) is 72.3 cm³/mol. The average molecular weight is 256 g/mol. The summed E-state index contributed by atoms with van der Waals surface area (Å²) in [6, 6.07) is 14.0. The van der Waals surface area contributed by atoms with Crippen LogP contribution >= 0.6 is 0 Å². The molecule has 0 spiro atoms. The van der Waals surface area contributed by atoms with Crippen LogP contribution in [0.3, 0.4) is 0 Å². The van der Waals surface area contributed by atoms with E-state index in [-0.39, 0.29) is 5.82 Å². The van der Waals surface area contributed by atoms with Crippen molar-refractivity contribution in [3.63, 3.8) is 0 Å². The van der Waals surface area contributed by atoms with E-state index >= 15 is 0 Å². The van der Waals surface area contributed by atoms with E-state index in [2.05, 4.69) is 0 Å². The number of benzene rings is 2. The Hall–Kier alpha value is -2.42. The lowest BCUT2D eigenvalue weighted by molar-refractivity contribution is -0.131. The van der Waals surface area contributed by atoms with Gasteiger partial charge in [-0.1, -0.05) is 42.5 Å². The maximum atomic E-state index is 13.5. The Morgan fingerprint density at radius 1 is 1.16 bits per heavy atom. The molecule has 0 aromatic heterocycles. The number of hydrogen-bond donors (Lipinski definition) is 1. The van der Waals surface area contributed by atoms with Gasteiger partial charge in [0.2, 0.25) is 0 Å². The fourth-order valence-electron chi connectivity index (χ4n) is 1.84. The van der Waals surface area contributed by atoms with Crippen LogP contribution in [0.15, 0.2) is 54.6 Å². The van der Waals surface area contributed by atoms with Crippen LogP contribution in [0, 0.1) is 5.82 Å². The first-order chi connectivity index (χ1) is 9.15. The molecule has 0 atom stereocenters. The van der Waals surface area contributed by atoms with E-state index < -0.39 is 5.97 Å². The number of carboxylic acids is 1. The molecule has 2 aromatic carbocycles. The van der Waals surface area contributed by atoms with Crippen molar-refractivity contribution in [2.75, 3.05) is 0 Å². The Bertz CT molecular complexity index is 618. The van der Waals surface area contributed by atoms with Crippen LogP contribution in [0.1, 0.15) is 16.7 Å². The van der Waals surface area contributed by atoms with Gasteiger partial charge in [-0.15, -0.1) is 0 Å². The molecule has 2 rings (SSSR count). The van der Waals surface area contributed by atoms with Gasteiger partial charge in [0.25, 0.3) is 0 Å². The molecule has 0 amide bonds. The van der Waals surface area contributed by atoms with Crippen molar-refractivity contribution in [2.24, 2.45) is 0 Å². The van der Waals surface area contributed by atoms with Gasteiger partial charge >= 0.3 is 5.97 Å². The van der Waals surface area contributed by atoms with Gasteiger partial charge in [-0.25, -0.2) is 9.18 Å². The van der Waals surface area contributed by atoms with Gasteiger partial charge in [0.05, 0.1) is 0 Å². The summed E-state index contributed by atoms with van der Waals surface area (Å²) >= 11 is 0. The fourth-order valence-corrected chi connectivity index (χ4v) is 1.84. The molecule has 2 aromatic rings. The highest BCUT2D eigenvalue weighted by Crippen LogP contribution is 2.15. The van der Waals surface area contributed by atoms with Crippen LogP contribution in [0.4, 0.5) is 4.39 Å². The van der Waals surface area contributed by atoms with E-state index in [1.165, 1.54) is 12.1 Å². The SMILES string of the molecule is O=C(O)/C=C/c1cccc(Cc2ccccc2F)c1. The first-order valence-electron chi connectivity index (χ1n) is 5.88. The second-order valence-corrected chi connectivity index (χ2v) is 4.18. The molecule has 96 valence electrons. The minimum absolute atomic E-state index is 0.228. The molecule has 3 heteroatoms. The topological polar surface area (TPSA) is 37.3 Å². The summed E-state index contributed by atoms with van der Waals surface area (Å²) in [7, 11) is 0. The minimum atomic E-state index is -0.987. The van der Waals surface area contributed by atoms with Crippen LogP contribution < -0.4 is 0 Å². The van der Waals surface area contributed by atoms with E-state index in [9.17, 15) is 9.18 Å². The van der Waals surface area contributed by atoms with Crippen molar-refractivity contribution < 1.29 is 14.3 Å². The molecule has 0 fully saturated rings. The highest BCUT2D eigenvalue weighted by Gasteiger charge is 2.02. The van der Waals surface area contributed by atoms with Gasteiger partial charge in [0.15, 0.2) is 0 Å². The largest absolute Gasteiger partial charge is 0.478 e. The molecule has 0 aliphatic rings. The van der Waals surface area contributed by atoms with E-state index in [0.29, 0.717) is 12.0 Å². The summed E-state index contributed by atoms with van der Waals surface area (Å²) in [6.07, 6.45) is 3.09. The Labute approximate surface area is 110 Å². The maximum Gasteiger partial charge on any atom is 0.328 e. The lowest BCUT2D eigenvalue weighted by Crippen LogP contribution is -1.92. The lowest BCUT2D eigenvalue weighted by atomic mass is 10.0. The molecule has 1 N–H and O–H groups in total. The van der Waals surface area contributed by atoms with E-state index in [1.807, 2.05) is 24.3 Å². The van der Waals surface area contributed by atoms with Crippen molar-refractivity contribution >= 4 is 12.0 Å². The molecule has 0 saturated heterocycles. The number of aliphatic carboxylic acids is 1. The quantitative estimate of drug-likeness (QED) is 0.850. The minimum Gasteiger partial charge on any atom is -0.478 e. The van der Waals surface area contributed by atoms with E-state index in [1.54, 1.807) is 18.2 Å². The number of halogens is 1. The molecule has 0 saturated carbocycles. The summed E-state index contributed by atoms with van der Waals surface area (Å²) in [5.74, 6) is -1.21. The fraction of sp³-hybridized carbons (Fsp3) is 0.0625. The van der Waals surface area contributed by atoms with Crippen molar-refractivity contribution in [1.29, 1.82) is 0 Å². The van der Waals surface area contributed by atoms with E-state index in [0.717, 1.165) is 17.2 Å². The van der Waals surface area contributed by atoms with Gasteiger partial charge in [0, 0.05) is 12.5 Å². The standard InChI is InChI=1S/C16H13FO2/c17-15-7-2-1-6-14(15)11-13-5-3-4-12(10-13)8-9-16(18)19/h1-10H,11H2,(H,18,19)/b9-8+. The molecule has 0 unspecified atom stereocenters. The molecule has 19 heavy (non-hydrogen) atoms. The average Bonchev–Trinajstić information content (AvgIpc) is 2.40. The molecule has 0 radical (unpaired) electrons. The molecule has 0 bridgehead atoms. The summed E-state index contributed by atoms with van der Waals surface area (Å²) in [5, 5.41) is 8.58. The molecule has 0 aliphatic carbocycles. The predicted octanol–water partition coefficient (Wildman–Crippen LogP) is 3.51. The third kappa shape index (κ3) is 3.78. The normalized spacial score (nSPS) is 10.8. The zero-order valence-corrected chi connectivity index (χ0v) is 10.2. The Balaban J connectivity index is 2.20. The summed E-state index contributed by atoms with van der Waals surface area (Å²) in [6.45, 7) is 0. The number of carbonyl (C=O) groups is 1. The van der Waals surface area contributed by atoms with Gasteiger partial charge in [-0.05, 0) is 28.8 Å². The van der Waals surface area contributed by atoms with Crippen LogP contribution in [0.5, 0.6) is 0 Å². The summed E-state index contributed by atoms with van der Waals surface area (Å²) in [5.41, 5.74) is 2.36.